The van der Waals surface area contributed by atoms with E-state index in [2.05, 4.69) is 0 Å². The summed E-state index contributed by atoms with van der Waals surface area (Å²) in [4.78, 5) is 22.1. The summed E-state index contributed by atoms with van der Waals surface area (Å²) in [5.74, 6) is -1.38. The predicted molar refractivity (Wildman–Crippen MR) is 64.6 cm³/mol. The fourth-order valence-corrected chi connectivity index (χ4v) is 1.35. The molecule has 0 aromatic heterocycles. The molecule has 1 aromatic carbocycles. The van der Waals surface area contributed by atoms with Crippen LogP contribution in [0.3, 0.4) is 0 Å². The van der Waals surface area contributed by atoms with Gasteiger partial charge in [-0.15, -0.1) is 0 Å². The molecule has 0 aliphatic carbocycles. The first kappa shape index (κ1) is 13.8. The Balaban J connectivity index is 2.80. The van der Waals surface area contributed by atoms with Crippen molar-refractivity contribution in [3.05, 3.63) is 23.8 Å². The molecule has 0 radical (unpaired) electrons. The Labute approximate surface area is 104 Å². The lowest BCUT2D eigenvalue weighted by Crippen LogP contribution is -2.13. The first-order chi connectivity index (χ1) is 8.56. The molecule has 1 rings (SSSR count). The summed E-state index contributed by atoms with van der Waals surface area (Å²) in [7, 11) is 0. The number of rotatable bonds is 6. The van der Waals surface area contributed by atoms with E-state index in [1.165, 1.54) is 0 Å². The zero-order valence-electron chi connectivity index (χ0n) is 10.0. The summed E-state index contributed by atoms with van der Waals surface area (Å²) in [6.45, 7) is 1.97. The average molecular weight is 253 g/mol. The Morgan fingerprint density at radius 3 is 2.72 bits per heavy atom. The van der Waals surface area contributed by atoms with E-state index in [0.29, 0.717) is 12.4 Å². The third-order valence-electron chi connectivity index (χ3n) is 2.11. The van der Waals surface area contributed by atoms with Gasteiger partial charge in [0.2, 0.25) is 0 Å². The smallest absolute Gasteiger partial charge is 0.344 e. The van der Waals surface area contributed by atoms with E-state index >= 15 is 0 Å². The van der Waals surface area contributed by atoms with Gasteiger partial charge in [-0.25, -0.2) is 4.79 Å². The van der Waals surface area contributed by atoms with Gasteiger partial charge in [0.25, 0.3) is 0 Å². The topological polar surface area (TPSA) is 98.9 Å². The molecule has 1 aromatic rings. The lowest BCUT2D eigenvalue weighted by molar-refractivity contribution is -0.137. The van der Waals surface area contributed by atoms with Crippen LogP contribution in [0, 0.1) is 0 Å². The Hall–Kier alpha value is -2.24. The minimum absolute atomic E-state index is 0.129. The number of hydrogen-bond donors (Lipinski definition) is 2. The van der Waals surface area contributed by atoms with Gasteiger partial charge in [-0.2, -0.15) is 0 Å². The van der Waals surface area contributed by atoms with Crippen LogP contribution in [0.15, 0.2) is 18.2 Å². The van der Waals surface area contributed by atoms with Crippen molar-refractivity contribution in [2.24, 2.45) is 0 Å². The molecule has 0 unspecified atom stereocenters. The summed E-state index contributed by atoms with van der Waals surface area (Å²) in [5.41, 5.74) is 6.05. The summed E-state index contributed by atoms with van der Waals surface area (Å²) in [5, 5.41) is 8.45. The Bertz CT molecular complexity index is 444. The fraction of sp³-hybridized carbons (Fsp3) is 0.333. The first-order valence-corrected chi connectivity index (χ1v) is 5.46. The third-order valence-corrected chi connectivity index (χ3v) is 2.11. The largest absolute Gasteiger partial charge is 0.493 e. The van der Waals surface area contributed by atoms with Crippen molar-refractivity contribution in [1.82, 2.24) is 0 Å². The van der Waals surface area contributed by atoms with Crippen LogP contribution in [0.5, 0.6) is 5.75 Å². The number of aliphatic carboxylic acids is 1. The Kier molecular flexibility index (Phi) is 4.98. The van der Waals surface area contributed by atoms with Gasteiger partial charge < -0.3 is 20.3 Å². The monoisotopic (exact) mass is 253 g/mol. The minimum atomic E-state index is -1.03. The standard InChI is InChI=1S/C12H15NO5/c1-2-17-9-5-3-4-8(13)11(9)12(16)18-7-6-10(14)15/h3-5H,2,6-7,13H2,1H3,(H,14,15). The summed E-state index contributed by atoms with van der Waals surface area (Å²) >= 11 is 0. The van der Waals surface area contributed by atoms with Gasteiger partial charge in [0.1, 0.15) is 17.9 Å². The Morgan fingerprint density at radius 1 is 1.39 bits per heavy atom. The van der Waals surface area contributed by atoms with Gasteiger partial charge in [0.15, 0.2) is 0 Å². The maximum Gasteiger partial charge on any atom is 0.344 e. The quantitative estimate of drug-likeness (QED) is 0.585. The number of carbonyl (C=O) groups is 2. The van der Waals surface area contributed by atoms with E-state index in [1.807, 2.05) is 0 Å². The molecule has 0 atom stereocenters. The molecule has 0 aliphatic heterocycles. The molecule has 6 heteroatoms. The number of benzene rings is 1. The average Bonchev–Trinajstić information content (AvgIpc) is 2.28. The van der Waals surface area contributed by atoms with Crippen molar-refractivity contribution in [2.45, 2.75) is 13.3 Å². The molecule has 0 heterocycles. The van der Waals surface area contributed by atoms with Crippen molar-refractivity contribution in [2.75, 3.05) is 18.9 Å². The second kappa shape index (κ2) is 6.48. The molecule has 0 saturated heterocycles. The lowest BCUT2D eigenvalue weighted by atomic mass is 10.1. The van der Waals surface area contributed by atoms with Gasteiger partial charge in [-0.05, 0) is 19.1 Å². The molecule has 0 fully saturated rings. The van der Waals surface area contributed by atoms with Crippen LogP contribution in [0.25, 0.3) is 0 Å². The maximum atomic E-state index is 11.8. The number of anilines is 1. The van der Waals surface area contributed by atoms with Gasteiger partial charge >= 0.3 is 11.9 Å². The van der Waals surface area contributed by atoms with Crippen molar-refractivity contribution in [3.8, 4) is 5.75 Å². The number of nitrogen functional groups attached to an aromatic ring is 1. The number of esters is 1. The molecule has 0 amide bonds. The lowest BCUT2D eigenvalue weighted by Gasteiger charge is -2.11. The molecule has 18 heavy (non-hydrogen) atoms. The minimum Gasteiger partial charge on any atom is -0.493 e. The molecule has 0 spiro atoms. The van der Waals surface area contributed by atoms with Crippen LogP contribution in [0.4, 0.5) is 5.69 Å². The zero-order chi connectivity index (χ0) is 13.5. The second-order valence-electron chi connectivity index (χ2n) is 3.43. The third kappa shape index (κ3) is 3.65. The summed E-state index contributed by atoms with van der Waals surface area (Å²) < 4.78 is 10.1. The highest BCUT2D eigenvalue weighted by atomic mass is 16.5. The normalized spacial score (nSPS) is 9.83. The molecule has 0 bridgehead atoms. The van der Waals surface area contributed by atoms with Gasteiger partial charge in [-0.1, -0.05) is 6.07 Å². The van der Waals surface area contributed by atoms with Gasteiger partial charge in [-0.3, -0.25) is 4.79 Å². The Morgan fingerprint density at radius 2 is 2.11 bits per heavy atom. The number of nitrogens with two attached hydrogens (primary N) is 1. The summed E-state index contributed by atoms with van der Waals surface area (Å²) in [6, 6.07) is 4.82. The highest BCUT2D eigenvalue weighted by molar-refractivity contribution is 5.98. The number of carboxylic acids is 1. The van der Waals surface area contributed by atoms with Crippen molar-refractivity contribution in [3.63, 3.8) is 0 Å². The van der Waals surface area contributed by atoms with Crippen LogP contribution < -0.4 is 10.5 Å². The SMILES string of the molecule is CCOc1cccc(N)c1C(=O)OCCC(=O)O. The van der Waals surface area contributed by atoms with E-state index in [1.54, 1.807) is 25.1 Å². The number of carbonyl (C=O) groups excluding carboxylic acids is 1. The van der Waals surface area contributed by atoms with Gasteiger partial charge in [0, 0.05) is 5.69 Å². The van der Waals surface area contributed by atoms with E-state index < -0.39 is 11.9 Å². The zero-order valence-corrected chi connectivity index (χ0v) is 10.0. The fourth-order valence-electron chi connectivity index (χ4n) is 1.35. The van der Waals surface area contributed by atoms with Crippen molar-refractivity contribution >= 4 is 17.6 Å². The highest BCUT2D eigenvalue weighted by Gasteiger charge is 2.17. The number of hydrogen-bond acceptors (Lipinski definition) is 5. The van der Waals surface area contributed by atoms with Crippen LogP contribution in [0.2, 0.25) is 0 Å². The maximum absolute atomic E-state index is 11.8. The van der Waals surface area contributed by atoms with Crippen LogP contribution in [0.1, 0.15) is 23.7 Å². The van der Waals surface area contributed by atoms with E-state index in [0.717, 1.165) is 0 Å². The van der Waals surface area contributed by atoms with Crippen molar-refractivity contribution < 1.29 is 24.2 Å². The molecular weight excluding hydrogens is 238 g/mol. The highest BCUT2D eigenvalue weighted by Crippen LogP contribution is 2.25. The number of ether oxygens (including phenoxy) is 2. The molecular formula is C12H15NO5. The molecule has 0 aliphatic rings. The summed E-state index contributed by atoms with van der Waals surface area (Å²) in [6.07, 6.45) is -0.248. The van der Waals surface area contributed by atoms with Crippen LogP contribution in [-0.2, 0) is 9.53 Å². The van der Waals surface area contributed by atoms with E-state index in [-0.39, 0.29) is 24.3 Å². The molecule has 6 nitrogen and oxygen atoms in total. The molecule has 98 valence electrons. The number of carboxylic acid groups (broad SMARTS) is 1. The van der Waals surface area contributed by atoms with Crippen molar-refractivity contribution in [1.29, 1.82) is 0 Å². The van der Waals surface area contributed by atoms with E-state index in [9.17, 15) is 9.59 Å². The van der Waals surface area contributed by atoms with Crippen LogP contribution in [-0.4, -0.2) is 30.3 Å². The van der Waals surface area contributed by atoms with Crippen LogP contribution >= 0.6 is 0 Å². The van der Waals surface area contributed by atoms with E-state index in [4.69, 9.17) is 20.3 Å². The predicted octanol–water partition coefficient (Wildman–Crippen LogP) is 1.30. The second-order valence-corrected chi connectivity index (χ2v) is 3.43. The molecule has 0 saturated carbocycles. The van der Waals surface area contributed by atoms with Gasteiger partial charge in [0.05, 0.1) is 13.0 Å². The molecule has 3 N–H and O–H groups in total. The first-order valence-electron chi connectivity index (χ1n) is 5.46.